The number of rotatable bonds is 8. The molecule has 32 heavy (non-hydrogen) atoms. The fourth-order valence-corrected chi connectivity index (χ4v) is 4.31. The third kappa shape index (κ3) is 5.61. The number of H-pyrrole nitrogens is 1. The third-order valence-electron chi connectivity index (χ3n) is 5.16. The van der Waals surface area contributed by atoms with Crippen LogP contribution in [0.2, 0.25) is 0 Å². The molecule has 1 aliphatic heterocycles. The van der Waals surface area contributed by atoms with Crippen LogP contribution in [-0.4, -0.2) is 88.0 Å². The van der Waals surface area contributed by atoms with Gasteiger partial charge in [-0.05, 0) is 25.1 Å². The second-order valence-electron chi connectivity index (χ2n) is 7.41. The molecule has 0 amide bonds. The number of nitrogens with one attached hydrogen (secondary N) is 1. The van der Waals surface area contributed by atoms with Crippen LogP contribution in [0.15, 0.2) is 41.7 Å². The van der Waals surface area contributed by atoms with Gasteiger partial charge >= 0.3 is 34.7 Å². The molecule has 168 valence electrons. The maximum atomic E-state index is 12.9. The van der Waals surface area contributed by atoms with Gasteiger partial charge < -0.3 is 18.8 Å². The van der Waals surface area contributed by atoms with Crippen LogP contribution in [-0.2, 0) is 26.4 Å². The summed E-state index contributed by atoms with van der Waals surface area (Å²) in [5.41, 5.74) is 3.00. The molecule has 0 spiro atoms. The Bertz CT molecular complexity index is 994. The average molecular weight is 475 g/mol. The van der Waals surface area contributed by atoms with E-state index in [1.807, 2.05) is 31.2 Å². The molecule has 1 atom stereocenters. The molecule has 4 rings (SSSR count). The Morgan fingerprint density at radius 1 is 1.22 bits per heavy atom. The van der Waals surface area contributed by atoms with Gasteiger partial charge in [-0.15, -0.1) is 0 Å². The quantitative estimate of drug-likeness (QED) is 0.398. The maximum absolute atomic E-state index is 12.9. The normalized spacial score (nSPS) is 17.1. The van der Waals surface area contributed by atoms with E-state index in [1.54, 1.807) is 12.3 Å². The summed E-state index contributed by atoms with van der Waals surface area (Å²) in [5.74, 6) is -1.16. The standard InChI is InChI=1S/C21H23F2N3O4S.Na.H/c1-14-18(11-31(27)20-25-16-4-2-3-5-17(16)26-20)24-7-6-19(14)28-8-15-9-29-21(12-22,13-23)30-10-15;;/h2-7,15H,8-13H2,1H3,(H,25,26);;. The molecule has 3 aromatic rings. The van der Waals surface area contributed by atoms with Crippen LogP contribution < -0.4 is 4.74 Å². The number of alkyl halides is 2. The number of para-hydroxylation sites is 2. The molecule has 0 bridgehead atoms. The number of imidazole rings is 1. The Labute approximate surface area is 209 Å². The first-order chi connectivity index (χ1) is 15.0. The molecule has 3 heterocycles. The molecule has 0 radical (unpaired) electrons. The second-order valence-corrected chi connectivity index (χ2v) is 8.77. The van der Waals surface area contributed by atoms with Crippen molar-refractivity contribution in [3.05, 3.63) is 47.8 Å². The van der Waals surface area contributed by atoms with E-state index >= 15 is 0 Å². The number of ether oxygens (including phenoxy) is 3. The number of aromatic amines is 1. The summed E-state index contributed by atoms with van der Waals surface area (Å²) in [6, 6.07) is 9.22. The van der Waals surface area contributed by atoms with Gasteiger partial charge in [0.2, 0.25) is 5.79 Å². The van der Waals surface area contributed by atoms with Gasteiger partial charge in [0.15, 0.2) is 5.75 Å². The first-order valence-electron chi connectivity index (χ1n) is 9.84. The van der Waals surface area contributed by atoms with Crippen LogP contribution in [0.25, 0.3) is 11.0 Å². The summed E-state index contributed by atoms with van der Waals surface area (Å²) < 4.78 is 55.0. The molecule has 0 saturated carbocycles. The molecule has 7 nitrogen and oxygen atoms in total. The van der Waals surface area contributed by atoms with Gasteiger partial charge in [-0.2, -0.15) is 4.98 Å². The van der Waals surface area contributed by atoms with Gasteiger partial charge in [0.1, 0.15) is 19.1 Å². The Morgan fingerprint density at radius 3 is 2.62 bits per heavy atom. The molecule has 0 aliphatic carbocycles. The number of hydrogen-bond acceptors (Lipinski definition) is 6. The van der Waals surface area contributed by atoms with Crippen molar-refractivity contribution in [2.24, 2.45) is 5.92 Å². The summed E-state index contributed by atoms with van der Waals surface area (Å²) in [6.07, 6.45) is 1.60. The minimum atomic E-state index is -1.78. The van der Waals surface area contributed by atoms with E-state index < -0.39 is 30.3 Å². The Balaban J connectivity index is 0.00000289. The molecule has 1 fully saturated rings. The first-order valence-corrected chi connectivity index (χ1v) is 11.2. The van der Waals surface area contributed by atoms with Gasteiger partial charge in [0.25, 0.3) is 0 Å². The van der Waals surface area contributed by atoms with Crippen LogP contribution in [0.1, 0.15) is 11.3 Å². The van der Waals surface area contributed by atoms with Crippen LogP contribution >= 0.6 is 0 Å². The molecule has 11 heteroatoms. The zero-order valence-electron chi connectivity index (χ0n) is 17.0. The van der Waals surface area contributed by atoms with Crippen molar-refractivity contribution in [1.29, 1.82) is 0 Å². The summed E-state index contributed by atoms with van der Waals surface area (Å²) in [6.45, 7) is 0.310. The molecule has 1 unspecified atom stereocenters. The predicted octanol–water partition coefficient (Wildman–Crippen LogP) is 2.60. The summed E-state index contributed by atoms with van der Waals surface area (Å²) in [5, 5.41) is 0.398. The van der Waals surface area contributed by atoms with Gasteiger partial charge in [0.05, 0.1) is 36.5 Å². The monoisotopic (exact) mass is 475 g/mol. The molecular weight excluding hydrogens is 451 g/mol. The van der Waals surface area contributed by atoms with Crippen molar-refractivity contribution in [2.45, 2.75) is 23.6 Å². The van der Waals surface area contributed by atoms with Crippen LogP contribution in [0.3, 0.4) is 0 Å². The summed E-state index contributed by atoms with van der Waals surface area (Å²) in [4.78, 5) is 11.8. The minimum absolute atomic E-state index is 0. The van der Waals surface area contributed by atoms with Crippen molar-refractivity contribution < 1.29 is 27.5 Å². The summed E-state index contributed by atoms with van der Waals surface area (Å²) in [7, 11) is 0. The van der Waals surface area contributed by atoms with Crippen molar-refractivity contribution in [3.63, 3.8) is 0 Å². The van der Waals surface area contributed by atoms with E-state index in [-0.39, 0.29) is 61.0 Å². The fourth-order valence-electron chi connectivity index (χ4n) is 3.21. The van der Waals surface area contributed by atoms with Gasteiger partial charge in [-0.3, -0.25) is 9.97 Å². The van der Waals surface area contributed by atoms with Crippen molar-refractivity contribution in [3.8, 4) is 5.75 Å². The van der Waals surface area contributed by atoms with Crippen molar-refractivity contribution >= 4 is 51.8 Å². The summed E-state index contributed by atoms with van der Waals surface area (Å²) >= 11 is -1.40. The van der Waals surface area contributed by atoms with Gasteiger partial charge in [0, 0.05) is 28.9 Å². The van der Waals surface area contributed by atoms with E-state index in [1.165, 1.54) is 0 Å². The number of hydrogen-bond donors (Lipinski definition) is 1. The molecular formula is C21H24F2N3NaO4S. The van der Waals surface area contributed by atoms with Crippen molar-refractivity contribution in [2.75, 3.05) is 33.2 Å². The van der Waals surface area contributed by atoms with E-state index in [0.29, 0.717) is 16.6 Å². The van der Waals surface area contributed by atoms with Crippen molar-refractivity contribution in [1.82, 2.24) is 15.0 Å². The van der Waals surface area contributed by atoms with E-state index in [0.717, 1.165) is 16.6 Å². The second kappa shape index (κ2) is 11.2. The van der Waals surface area contributed by atoms with Gasteiger partial charge in [-0.1, -0.05) is 12.1 Å². The molecule has 1 aliphatic rings. The Morgan fingerprint density at radius 2 is 1.94 bits per heavy atom. The van der Waals surface area contributed by atoms with Crippen LogP contribution in [0, 0.1) is 12.8 Å². The predicted molar refractivity (Wildman–Crippen MR) is 118 cm³/mol. The number of benzene rings is 1. The Hall–Kier alpha value is -1.27. The Kier molecular flexibility index (Phi) is 8.90. The number of halogens is 2. The van der Waals surface area contributed by atoms with E-state index in [2.05, 4.69) is 15.0 Å². The average Bonchev–Trinajstić information content (AvgIpc) is 3.25. The number of pyridine rings is 1. The molecule has 1 aromatic carbocycles. The SMILES string of the molecule is Cc1c(OCC2COC(CF)(CF)OC2)ccnc1C[S+]([O-])c1nc2ccccc2[nH]1.[NaH]. The number of fused-ring (bicyclic) bond motifs is 1. The third-order valence-corrected chi connectivity index (χ3v) is 6.32. The molecule has 2 aromatic heterocycles. The van der Waals surface area contributed by atoms with E-state index in [4.69, 9.17) is 14.2 Å². The first kappa shape index (κ1) is 25.4. The number of aromatic nitrogens is 3. The number of nitrogens with zero attached hydrogens (tertiary/aromatic N) is 2. The fraction of sp³-hybridized carbons (Fsp3) is 0.429. The zero-order chi connectivity index (χ0) is 21.8. The molecule has 1 saturated heterocycles. The van der Waals surface area contributed by atoms with Crippen LogP contribution in [0.4, 0.5) is 8.78 Å². The van der Waals surface area contributed by atoms with E-state index in [9.17, 15) is 13.3 Å². The van der Waals surface area contributed by atoms with Crippen LogP contribution in [0.5, 0.6) is 5.75 Å². The topological polar surface area (TPSA) is 92.3 Å². The zero-order valence-corrected chi connectivity index (χ0v) is 17.8. The molecule has 1 N–H and O–H groups in total. The van der Waals surface area contributed by atoms with Gasteiger partial charge in [-0.25, -0.2) is 8.78 Å².